The first kappa shape index (κ1) is 20.2. The smallest absolute Gasteiger partial charge is 0.305 e. The molecule has 3 aromatic rings. The molecule has 0 aliphatic carbocycles. The molecular weight excluding hydrogens is 421 g/mol. The predicted octanol–water partition coefficient (Wildman–Crippen LogP) is 5.40. The lowest BCUT2D eigenvalue weighted by molar-refractivity contribution is 0.187. The van der Waals surface area contributed by atoms with Gasteiger partial charge in [-0.05, 0) is 61.6 Å². The summed E-state index contributed by atoms with van der Waals surface area (Å²) < 4.78 is 15.1. The molecule has 2 fully saturated rings. The molecule has 2 unspecified atom stereocenters. The second kappa shape index (κ2) is 8.40. The van der Waals surface area contributed by atoms with E-state index in [9.17, 15) is 9.18 Å². The number of nitrogens with zero attached hydrogens (tertiary/aromatic N) is 2. The van der Waals surface area contributed by atoms with E-state index < -0.39 is 0 Å². The predicted molar refractivity (Wildman–Crippen MR) is 122 cm³/mol. The number of hydrogen-bond donors (Lipinski definition) is 1. The van der Waals surface area contributed by atoms with Crippen LogP contribution in [0.2, 0.25) is 5.02 Å². The maximum atomic E-state index is 13.2. The van der Waals surface area contributed by atoms with Crippen molar-refractivity contribution < 1.29 is 4.39 Å². The van der Waals surface area contributed by atoms with Gasteiger partial charge in [-0.3, -0.25) is 4.57 Å². The second-order valence-corrected chi connectivity index (χ2v) is 10.3. The summed E-state index contributed by atoms with van der Waals surface area (Å²) in [5.74, 6) is -0.168. The van der Waals surface area contributed by atoms with Crippen molar-refractivity contribution in [2.45, 2.75) is 42.2 Å². The van der Waals surface area contributed by atoms with Gasteiger partial charge in [-0.25, -0.2) is 9.18 Å². The van der Waals surface area contributed by atoms with Crippen LogP contribution in [0.25, 0.3) is 11.0 Å². The Morgan fingerprint density at radius 2 is 1.83 bits per heavy atom. The van der Waals surface area contributed by atoms with Gasteiger partial charge in [0, 0.05) is 41.2 Å². The lowest BCUT2D eigenvalue weighted by Crippen LogP contribution is -2.39. The van der Waals surface area contributed by atoms with Gasteiger partial charge in [0.1, 0.15) is 5.82 Å². The van der Waals surface area contributed by atoms with Gasteiger partial charge in [0.15, 0.2) is 0 Å². The first-order valence-corrected chi connectivity index (χ1v) is 11.9. The van der Waals surface area contributed by atoms with Crippen molar-refractivity contribution in [1.29, 1.82) is 0 Å². The molecule has 7 heteroatoms. The zero-order valence-electron chi connectivity index (χ0n) is 16.7. The Labute approximate surface area is 184 Å². The number of nitrogens with one attached hydrogen (secondary N) is 1. The second-order valence-electron chi connectivity index (χ2n) is 8.37. The molecule has 2 saturated heterocycles. The molecule has 0 saturated carbocycles. The fourth-order valence-corrected chi connectivity index (χ4v) is 6.67. The average Bonchev–Trinajstić information content (AvgIpc) is 3.32. The van der Waals surface area contributed by atoms with Crippen molar-refractivity contribution >= 4 is 34.4 Å². The van der Waals surface area contributed by atoms with Crippen LogP contribution in [0, 0.1) is 5.82 Å². The molecule has 0 bridgehead atoms. The molecular formula is C23H25ClFN3OS. The largest absolute Gasteiger partial charge is 0.326 e. The summed E-state index contributed by atoms with van der Waals surface area (Å²) in [7, 11) is 0. The maximum absolute atomic E-state index is 13.2. The number of H-pyrrole nitrogens is 1. The molecule has 4 nitrogen and oxygen atoms in total. The van der Waals surface area contributed by atoms with Gasteiger partial charge in [0.2, 0.25) is 0 Å². The summed E-state index contributed by atoms with van der Waals surface area (Å²) in [5, 5.41) is 1.73. The van der Waals surface area contributed by atoms with E-state index in [4.69, 9.17) is 11.6 Å². The fourth-order valence-electron chi connectivity index (χ4n) is 4.88. The van der Waals surface area contributed by atoms with E-state index in [-0.39, 0.29) is 17.5 Å². The highest BCUT2D eigenvalue weighted by atomic mass is 35.5. The molecule has 5 rings (SSSR count). The molecule has 0 amide bonds. The Morgan fingerprint density at radius 1 is 1.07 bits per heavy atom. The van der Waals surface area contributed by atoms with E-state index in [1.807, 2.05) is 46.7 Å². The minimum absolute atomic E-state index is 0.0424. The maximum Gasteiger partial charge on any atom is 0.326 e. The highest BCUT2D eigenvalue weighted by Crippen LogP contribution is 2.45. The summed E-state index contributed by atoms with van der Waals surface area (Å²) in [6.45, 7) is 3.11. The van der Waals surface area contributed by atoms with Crippen molar-refractivity contribution in [3.05, 3.63) is 69.4 Å². The molecule has 0 radical (unpaired) electrons. The number of piperidine rings is 1. The lowest BCUT2D eigenvalue weighted by atomic mass is 10.0. The number of thioether (sulfide) groups is 1. The van der Waals surface area contributed by atoms with E-state index in [0.29, 0.717) is 15.5 Å². The van der Waals surface area contributed by atoms with Gasteiger partial charge in [0.25, 0.3) is 0 Å². The van der Waals surface area contributed by atoms with Gasteiger partial charge < -0.3 is 9.88 Å². The van der Waals surface area contributed by atoms with Crippen LogP contribution in [0.15, 0.2) is 47.3 Å². The van der Waals surface area contributed by atoms with Crippen LogP contribution in [-0.4, -0.2) is 39.3 Å². The normalized spacial score (nSPS) is 23.4. The lowest BCUT2D eigenvalue weighted by Gasteiger charge is -2.33. The molecule has 0 spiro atoms. The number of aromatic amines is 1. The molecule has 3 heterocycles. The average molecular weight is 446 g/mol. The summed E-state index contributed by atoms with van der Waals surface area (Å²) in [5.41, 5.74) is 2.95. The van der Waals surface area contributed by atoms with Crippen molar-refractivity contribution in [2.75, 3.05) is 19.6 Å². The Hall–Kier alpha value is -1.76. The van der Waals surface area contributed by atoms with Crippen molar-refractivity contribution in [2.24, 2.45) is 0 Å². The SMILES string of the molecule is O=c1[nH]c2cc(Cl)ccc2n1C1CCN(CC2CCC(c3ccc(F)cc3)S2)CC1. The van der Waals surface area contributed by atoms with E-state index in [0.717, 1.165) is 49.9 Å². The fraction of sp³-hybridized carbons (Fsp3) is 0.435. The Balaban J connectivity index is 1.19. The van der Waals surface area contributed by atoms with Crippen molar-refractivity contribution in [3.63, 3.8) is 0 Å². The van der Waals surface area contributed by atoms with Gasteiger partial charge in [0.05, 0.1) is 11.0 Å². The van der Waals surface area contributed by atoms with Crippen molar-refractivity contribution in [1.82, 2.24) is 14.5 Å². The zero-order chi connectivity index (χ0) is 20.7. The highest BCUT2D eigenvalue weighted by Gasteiger charge is 2.30. The number of likely N-dealkylation sites (tertiary alicyclic amines) is 1. The van der Waals surface area contributed by atoms with Gasteiger partial charge in [-0.2, -0.15) is 0 Å². The quantitative estimate of drug-likeness (QED) is 0.584. The van der Waals surface area contributed by atoms with Crippen LogP contribution in [-0.2, 0) is 0 Å². The summed E-state index contributed by atoms with van der Waals surface area (Å²) in [6, 6.07) is 12.8. The van der Waals surface area contributed by atoms with Crippen molar-refractivity contribution in [3.8, 4) is 0 Å². The Bertz CT molecular complexity index is 1090. The highest BCUT2D eigenvalue weighted by molar-refractivity contribution is 8.00. The summed E-state index contributed by atoms with van der Waals surface area (Å²) in [6.07, 6.45) is 4.32. The van der Waals surface area contributed by atoms with Crippen LogP contribution in [0.1, 0.15) is 42.5 Å². The number of halogens is 2. The minimum Gasteiger partial charge on any atom is -0.305 e. The van der Waals surface area contributed by atoms with Crippen LogP contribution < -0.4 is 5.69 Å². The molecule has 1 N–H and O–H groups in total. The first-order valence-electron chi connectivity index (χ1n) is 10.6. The molecule has 2 atom stereocenters. The summed E-state index contributed by atoms with van der Waals surface area (Å²) in [4.78, 5) is 18.0. The minimum atomic E-state index is -0.168. The standard InChI is InChI=1S/C23H25ClFN3OS/c24-16-3-7-21-20(13-16)26-23(29)28(21)18-9-11-27(12-10-18)14-19-6-8-22(30-19)15-1-4-17(25)5-2-15/h1-5,7,13,18-19,22H,6,8-12,14H2,(H,26,29). The number of aromatic nitrogens is 2. The topological polar surface area (TPSA) is 41.0 Å². The van der Waals surface area contributed by atoms with Gasteiger partial charge in [-0.15, -0.1) is 11.8 Å². The molecule has 2 aromatic carbocycles. The van der Waals surface area contributed by atoms with Crippen LogP contribution in [0.3, 0.4) is 0 Å². The number of fused-ring (bicyclic) bond motifs is 1. The summed E-state index contributed by atoms with van der Waals surface area (Å²) >= 11 is 8.10. The third kappa shape index (κ3) is 4.05. The van der Waals surface area contributed by atoms with Crippen LogP contribution >= 0.6 is 23.4 Å². The molecule has 158 valence electrons. The van der Waals surface area contributed by atoms with E-state index in [1.54, 1.807) is 12.1 Å². The van der Waals surface area contributed by atoms with E-state index in [2.05, 4.69) is 9.88 Å². The van der Waals surface area contributed by atoms with Gasteiger partial charge in [-0.1, -0.05) is 23.7 Å². The molecule has 1 aromatic heterocycles. The van der Waals surface area contributed by atoms with E-state index in [1.165, 1.54) is 12.0 Å². The van der Waals surface area contributed by atoms with E-state index >= 15 is 0 Å². The zero-order valence-corrected chi connectivity index (χ0v) is 18.3. The number of rotatable bonds is 4. The molecule has 30 heavy (non-hydrogen) atoms. The Morgan fingerprint density at radius 3 is 2.60 bits per heavy atom. The third-order valence-corrected chi connectivity index (χ3v) is 8.25. The number of hydrogen-bond acceptors (Lipinski definition) is 3. The van der Waals surface area contributed by atoms with Gasteiger partial charge >= 0.3 is 5.69 Å². The van der Waals surface area contributed by atoms with Crippen LogP contribution in [0.4, 0.5) is 4.39 Å². The third-order valence-electron chi connectivity index (χ3n) is 6.41. The monoisotopic (exact) mass is 445 g/mol. The van der Waals surface area contributed by atoms with Crippen LogP contribution in [0.5, 0.6) is 0 Å². The molecule has 2 aliphatic heterocycles. The number of benzene rings is 2. The number of imidazole rings is 1. The molecule has 2 aliphatic rings. The first-order chi connectivity index (χ1) is 14.6. The Kier molecular flexibility index (Phi) is 5.65.